The van der Waals surface area contributed by atoms with Gasteiger partial charge in [0.1, 0.15) is 0 Å². The molecule has 0 aromatic rings. The molecule has 1 heterocycles. The van der Waals surface area contributed by atoms with Crippen LogP contribution in [0.3, 0.4) is 0 Å². The average Bonchev–Trinajstić information content (AvgIpc) is 2.41. The van der Waals surface area contributed by atoms with E-state index in [1.54, 1.807) is 11.1 Å². The van der Waals surface area contributed by atoms with Crippen molar-refractivity contribution in [1.82, 2.24) is 4.90 Å². The van der Waals surface area contributed by atoms with E-state index >= 15 is 0 Å². The zero-order valence-electron chi connectivity index (χ0n) is 9.40. The topological polar surface area (TPSA) is 3.24 Å². The summed E-state index contributed by atoms with van der Waals surface area (Å²) in [6.07, 6.45) is 5.54. The van der Waals surface area contributed by atoms with Gasteiger partial charge in [-0.25, -0.2) is 0 Å². The molecule has 1 aliphatic rings. The van der Waals surface area contributed by atoms with Gasteiger partial charge in [-0.1, -0.05) is 37.3 Å². The van der Waals surface area contributed by atoms with E-state index in [1.807, 2.05) is 0 Å². The van der Waals surface area contributed by atoms with Crippen LogP contribution in [0.15, 0.2) is 11.1 Å². The summed E-state index contributed by atoms with van der Waals surface area (Å²) in [5.74, 6) is 0. The zero-order valence-corrected chi connectivity index (χ0v) is 9.40. The maximum Gasteiger partial charge on any atom is 0.0196 e. The third kappa shape index (κ3) is 3.51. The monoisotopic (exact) mass is 181 g/mol. The Balaban J connectivity index is 2.06. The molecule has 0 aromatic carbocycles. The number of hydrogen-bond acceptors (Lipinski definition) is 1. The Kier molecular flexibility index (Phi) is 4.51. The Hall–Kier alpha value is -0.300. The fourth-order valence-corrected chi connectivity index (χ4v) is 1.92. The quantitative estimate of drug-likeness (QED) is 0.465. The van der Waals surface area contributed by atoms with Crippen molar-refractivity contribution >= 4 is 0 Å². The number of rotatable bonds is 5. The van der Waals surface area contributed by atoms with Crippen molar-refractivity contribution in [2.45, 2.75) is 46.5 Å². The molecule has 0 amide bonds. The maximum atomic E-state index is 2.57. The van der Waals surface area contributed by atoms with Gasteiger partial charge < -0.3 is 0 Å². The van der Waals surface area contributed by atoms with Crippen LogP contribution in [0.25, 0.3) is 0 Å². The Labute approximate surface area is 82.8 Å². The third-order valence-corrected chi connectivity index (χ3v) is 2.98. The molecule has 0 fully saturated rings. The van der Waals surface area contributed by atoms with E-state index in [0.717, 1.165) is 0 Å². The van der Waals surface area contributed by atoms with E-state index in [0.29, 0.717) is 0 Å². The van der Waals surface area contributed by atoms with Gasteiger partial charge in [-0.3, -0.25) is 4.90 Å². The SMILES string of the molecule is CCCCCCN1CC(C)=C(C)C1. The molecular weight excluding hydrogens is 158 g/mol. The molecular formula is C12H23N. The van der Waals surface area contributed by atoms with Gasteiger partial charge in [0.15, 0.2) is 0 Å². The Bertz CT molecular complexity index is 168. The summed E-state index contributed by atoms with van der Waals surface area (Å²) >= 11 is 0. The van der Waals surface area contributed by atoms with Gasteiger partial charge in [0.05, 0.1) is 0 Å². The molecule has 0 saturated heterocycles. The summed E-state index contributed by atoms with van der Waals surface area (Å²) in [4.78, 5) is 2.57. The lowest BCUT2D eigenvalue weighted by atomic mass is 10.2. The standard InChI is InChI=1S/C12H23N/c1-4-5-6-7-8-13-9-11(2)12(3)10-13/h4-10H2,1-3H3. The van der Waals surface area contributed by atoms with E-state index in [1.165, 1.54) is 45.3 Å². The summed E-state index contributed by atoms with van der Waals surface area (Å²) in [7, 11) is 0. The third-order valence-electron chi connectivity index (χ3n) is 2.98. The Morgan fingerprint density at radius 1 is 1.00 bits per heavy atom. The molecule has 1 rings (SSSR count). The van der Waals surface area contributed by atoms with Crippen molar-refractivity contribution in [3.63, 3.8) is 0 Å². The van der Waals surface area contributed by atoms with Crippen molar-refractivity contribution in [2.75, 3.05) is 19.6 Å². The van der Waals surface area contributed by atoms with Gasteiger partial charge in [0.2, 0.25) is 0 Å². The molecule has 0 N–H and O–H groups in total. The van der Waals surface area contributed by atoms with Crippen molar-refractivity contribution in [3.05, 3.63) is 11.1 Å². The summed E-state index contributed by atoms with van der Waals surface area (Å²) in [6, 6.07) is 0. The van der Waals surface area contributed by atoms with Gasteiger partial charge in [0, 0.05) is 13.1 Å². The second kappa shape index (κ2) is 5.43. The van der Waals surface area contributed by atoms with Crippen LogP contribution < -0.4 is 0 Å². The van der Waals surface area contributed by atoms with Gasteiger partial charge in [-0.15, -0.1) is 0 Å². The molecule has 0 unspecified atom stereocenters. The Morgan fingerprint density at radius 3 is 2.15 bits per heavy atom. The molecule has 1 nitrogen and oxygen atoms in total. The summed E-state index contributed by atoms with van der Waals surface area (Å²) in [5, 5.41) is 0. The molecule has 0 aromatic heterocycles. The molecule has 0 spiro atoms. The second-order valence-corrected chi connectivity index (χ2v) is 4.33. The summed E-state index contributed by atoms with van der Waals surface area (Å²) in [6.45, 7) is 10.5. The first-order valence-corrected chi connectivity index (χ1v) is 5.61. The highest BCUT2D eigenvalue weighted by Gasteiger charge is 2.14. The lowest BCUT2D eigenvalue weighted by Crippen LogP contribution is -2.22. The second-order valence-electron chi connectivity index (χ2n) is 4.33. The largest absolute Gasteiger partial charge is 0.295 e. The minimum absolute atomic E-state index is 1.22. The van der Waals surface area contributed by atoms with Crippen LogP contribution in [0.2, 0.25) is 0 Å². The van der Waals surface area contributed by atoms with Crippen LogP contribution in [-0.2, 0) is 0 Å². The van der Waals surface area contributed by atoms with Gasteiger partial charge in [0.25, 0.3) is 0 Å². The smallest absolute Gasteiger partial charge is 0.0196 e. The Morgan fingerprint density at radius 2 is 1.62 bits per heavy atom. The molecule has 1 heteroatoms. The van der Waals surface area contributed by atoms with Gasteiger partial charge >= 0.3 is 0 Å². The van der Waals surface area contributed by atoms with Crippen LogP contribution in [0.1, 0.15) is 46.5 Å². The first-order chi connectivity index (χ1) is 6.24. The molecule has 0 saturated carbocycles. The lowest BCUT2D eigenvalue weighted by Gasteiger charge is -2.15. The zero-order chi connectivity index (χ0) is 9.68. The van der Waals surface area contributed by atoms with Crippen LogP contribution in [0.5, 0.6) is 0 Å². The van der Waals surface area contributed by atoms with E-state index in [-0.39, 0.29) is 0 Å². The number of unbranched alkanes of at least 4 members (excludes halogenated alkanes) is 3. The first-order valence-electron chi connectivity index (χ1n) is 5.61. The van der Waals surface area contributed by atoms with Crippen molar-refractivity contribution in [2.24, 2.45) is 0 Å². The van der Waals surface area contributed by atoms with Crippen LogP contribution in [0.4, 0.5) is 0 Å². The molecule has 13 heavy (non-hydrogen) atoms. The minimum atomic E-state index is 1.22. The highest BCUT2D eigenvalue weighted by molar-refractivity contribution is 5.18. The summed E-state index contributed by atoms with van der Waals surface area (Å²) in [5.41, 5.74) is 3.19. The first kappa shape index (κ1) is 10.8. The predicted octanol–water partition coefficient (Wildman–Crippen LogP) is 3.22. The molecule has 0 aliphatic carbocycles. The lowest BCUT2D eigenvalue weighted by molar-refractivity contribution is 0.333. The van der Waals surface area contributed by atoms with Crippen LogP contribution in [-0.4, -0.2) is 24.5 Å². The van der Waals surface area contributed by atoms with Gasteiger partial charge in [-0.2, -0.15) is 0 Å². The van der Waals surface area contributed by atoms with Crippen molar-refractivity contribution < 1.29 is 0 Å². The van der Waals surface area contributed by atoms with Crippen LogP contribution in [0, 0.1) is 0 Å². The average molecular weight is 181 g/mol. The molecule has 0 atom stereocenters. The maximum absolute atomic E-state index is 2.57. The normalized spacial score (nSPS) is 18.7. The van der Waals surface area contributed by atoms with Gasteiger partial charge in [-0.05, 0) is 26.8 Å². The van der Waals surface area contributed by atoms with Crippen molar-refractivity contribution in [3.8, 4) is 0 Å². The fourth-order valence-electron chi connectivity index (χ4n) is 1.92. The molecule has 1 aliphatic heterocycles. The van der Waals surface area contributed by atoms with E-state index in [2.05, 4.69) is 25.7 Å². The highest BCUT2D eigenvalue weighted by Crippen LogP contribution is 2.16. The highest BCUT2D eigenvalue weighted by atomic mass is 15.1. The number of nitrogens with zero attached hydrogens (tertiary/aromatic N) is 1. The molecule has 76 valence electrons. The predicted molar refractivity (Wildman–Crippen MR) is 59.0 cm³/mol. The fraction of sp³-hybridized carbons (Fsp3) is 0.833. The van der Waals surface area contributed by atoms with Crippen LogP contribution >= 0.6 is 0 Å². The van der Waals surface area contributed by atoms with E-state index in [9.17, 15) is 0 Å². The van der Waals surface area contributed by atoms with E-state index in [4.69, 9.17) is 0 Å². The van der Waals surface area contributed by atoms with Crippen molar-refractivity contribution in [1.29, 1.82) is 0 Å². The minimum Gasteiger partial charge on any atom is -0.295 e. The van der Waals surface area contributed by atoms with E-state index < -0.39 is 0 Å². The number of hydrogen-bond donors (Lipinski definition) is 0. The molecule has 0 bridgehead atoms. The summed E-state index contributed by atoms with van der Waals surface area (Å²) < 4.78 is 0. The molecule has 0 radical (unpaired) electrons.